The fraction of sp³-hybridized carbons (Fsp3) is 0.588. The van der Waals surface area contributed by atoms with Gasteiger partial charge in [0.1, 0.15) is 0 Å². The molecule has 0 saturated heterocycles. The Hall–Kier alpha value is -1.31. The lowest BCUT2D eigenvalue weighted by atomic mass is 9.95. The molecule has 0 bridgehead atoms. The highest BCUT2D eigenvalue weighted by molar-refractivity contribution is 6.46. The van der Waals surface area contributed by atoms with E-state index in [1.165, 1.54) is 7.11 Å². The van der Waals surface area contributed by atoms with Crippen molar-refractivity contribution in [3.8, 4) is 0 Å². The lowest BCUT2D eigenvalue weighted by Crippen LogP contribution is -2.04. The van der Waals surface area contributed by atoms with Gasteiger partial charge in [-0.15, -0.1) is 0 Å². The van der Waals surface area contributed by atoms with Gasteiger partial charge in [-0.05, 0) is 25.7 Å². The van der Waals surface area contributed by atoms with E-state index in [1.54, 1.807) is 5.94 Å². The minimum atomic E-state index is -0.0249. The van der Waals surface area contributed by atoms with Crippen molar-refractivity contribution in [1.82, 2.24) is 0 Å². The van der Waals surface area contributed by atoms with Crippen LogP contribution in [0.4, 0.5) is 0 Å². The van der Waals surface area contributed by atoms with Crippen molar-refractivity contribution in [2.75, 3.05) is 7.11 Å². The van der Waals surface area contributed by atoms with Crippen LogP contribution in [0.3, 0.4) is 0 Å². The van der Waals surface area contributed by atoms with E-state index in [1.807, 2.05) is 12.2 Å². The highest BCUT2D eigenvalue weighted by Gasteiger charge is 2.27. The molecule has 0 aromatic rings. The second kappa shape index (κ2) is 9.59. The molecule has 1 atom stereocenters. The fourth-order valence-electron chi connectivity index (χ4n) is 2.44. The molecule has 0 fully saturated rings. The molecule has 1 aliphatic rings. The average molecular weight is 311 g/mol. The van der Waals surface area contributed by atoms with Crippen molar-refractivity contribution in [2.24, 2.45) is 5.92 Å². The fourth-order valence-corrected chi connectivity index (χ4v) is 2.70. The number of ether oxygens (including phenoxy) is 1. The maximum Gasteiger partial charge on any atom is 0.200 e. The number of methoxy groups -OCH3 is 1. The summed E-state index contributed by atoms with van der Waals surface area (Å²) in [5, 5.41) is 0.355. The predicted molar refractivity (Wildman–Crippen MR) is 84.7 cm³/mol. The Balaban J connectivity index is 2.46. The lowest BCUT2D eigenvalue weighted by molar-refractivity contribution is -0.111. The molecular weight excluding hydrogens is 288 g/mol. The maximum absolute atomic E-state index is 12.0. The molecule has 4 heteroatoms. The van der Waals surface area contributed by atoms with E-state index < -0.39 is 0 Å². The number of carbonyl (C=O) groups is 1. The van der Waals surface area contributed by atoms with E-state index in [2.05, 4.69) is 6.92 Å². The summed E-state index contributed by atoms with van der Waals surface area (Å²) in [4.78, 5) is 22.5. The first-order valence-electron chi connectivity index (χ1n) is 7.54. The molecule has 21 heavy (non-hydrogen) atoms. The topological polar surface area (TPSA) is 43.4 Å². The summed E-state index contributed by atoms with van der Waals surface area (Å²) >= 11 is 5.96. The lowest BCUT2D eigenvalue weighted by Gasteiger charge is -2.09. The standard InChI is InChI=1S/C17H23ClO3/c1-3-4-8-13-11-16(18)17(20)15(13)10-7-5-6-9-14(12-19)21-2/h10-11,13H,3-9H2,1-2H3. The van der Waals surface area contributed by atoms with Gasteiger partial charge in [0.2, 0.25) is 0 Å². The first-order valence-corrected chi connectivity index (χ1v) is 7.91. The zero-order chi connectivity index (χ0) is 15.7. The quantitative estimate of drug-likeness (QED) is 0.275. The highest BCUT2D eigenvalue weighted by Crippen LogP contribution is 2.33. The summed E-state index contributed by atoms with van der Waals surface area (Å²) in [7, 11) is 1.48. The number of carbonyl (C=O) groups excluding carboxylic acids is 2. The van der Waals surface area contributed by atoms with Gasteiger partial charge in [-0.1, -0.05) is 43.5 Å². The third kappa shape index (κ3) is 5.53. The molecule has 0 aromatic carbocycles. The van der Waals surface area contributed by atoms with Gasteiger partial charge in [-0.3, -0.25) is 4.79 Å². The van der Waals surface area contributed by atoms with Gasteiger partial charge in [-0.2, -0.15) is 0 Å². The average Bonchev–Trinajstić information content (AvgIpc) is 2.76. The number of halogens is 1. The molecule has 0 saturated carbocycles. The number of rotatable bonds is 9. The van der Waals surface area contributed by atoms with Crippen LogP contribution in [0.15, 0.2) is 28.5 Å². The Bertz CT molecular complexity index is 470. The number of unbranched alkanes of at least 4 members (excludes halogenated alkanes) is 3. The Kier molecular flexibility index (Phi) is 8.11. The van der Waals surface area contributed by atoms with Crippen LogP contribution in [-0.4, -0.2) is 18.8 Å². The van der Waals surface area contributed by atoms with Crippen LogP contribution < -0.4 is 0 Å². The second-order valence-corrected chi connectivity index (χ2v) is 5.63. The maximum atomic E-state index is 12.0. The van der Waals surface area contributed by atoms with Crippen molar-refractivity contribution in [3.05, 3.63) is 28.5 Å². The van der Waals surface area contributed by atoms with Gasteiger partial charge in [0, 0.05) is 17.9 Å². The molecular formula is C17H23ClO3. The SMILES string of the molecule is CCCCC1C=C(Cl)C(=O)C1=CCCCCC(=C=O)OC. The molecule has 0 aromatic heterocycles. The Morgan fingerprint density at radius 3 is 2.81 bits per heavy atom. The highest BCUT2D eigenvalue weighted by atomic mass is 35.5. The van der Waals surface area contributed by atoms with Crippen LogP contribution in [0.1, 0.15) is 51.9 Å². The van der Waals surface area contributed by atoms with Crippen LogP contribution in [0, 0.1) is 5.92 Å². The van der Waals surface area contributed by atoms with E-state index in [4.69, 9.17) is 16.3 Å². The Labute approximate surface area is 131 Å². The molecule has 0 heterocycles. The molecule has 0 amide bonds. The number of hydrogen-bond donors (Lipinski definition) is 0. The molecule has 0 aliphatic heterocycles. The largest absolute Gasteiger partial charge is 0.490 e. The number of allylic oxidation sites excluding steroid dienone is 5. The van der Waals surface area contributed by atoms with Crippen molar-refractivity contribution in [2.45, 2.75) is 51.9 Å². The monoisotopic (exact) mass is 310 g/mol. The van der Waals surface area contributed by atoms with Crippen molar-refractivity contribution in [3.63, 3.8) is 0 Å². The number of Topliss-reactive ketones (excluding diaryl/α,β-unsaturated/α-hetero) is 1. The normalized spacial score (nSPS) is 19.6. The molecule has 0 radical (unpaired) electrons. The smallest absolute Gasteiger partial charge is 0.200 e. The van der Waals surface area contributed by atoms with Gasteiger partial charge in [0.15, 0.2) is 17.5 Å². The Morgan fingerprint density at radius 1 is 1.43 bits per heavy atom. The van der Waals surface area contributed by atoms with Gasteiger partial charge in [0.05, 0.1) is 12.1 Å². The van der Waals surface area contributed by atoms with Crippen molar-refractivity contribution >= 4 is 23.3 Å². The molecule has 1 aliphatic carbocycles. The molecule has 3 nitrogen and oxygen atoms in total. The van der Waals surface area contributed by atoms with E-state index in [9.17, 15) is 9.59 Å². The van der Waals surface area contributed by atoms with E-state index in [0.717, 1.165) is 44.1 Å². The summed E-state index contributed by atoms with van der Waals surface area (Å²) in [6, 6.07) is 0. The van der Waals surface area contributed by atoms with Crippen LogP contribution in [-0.2, 0) is 14.3 Å². The van der Waals surface area contributed by atoms with Gasteiger partial charge >= 0.3 is 0 Å². The number of ketones is 1. The minimum Gasteiger partial charge on any atom is -0.490 e. The summed E-state index contributed by atoms with van der Waals surface area (Å²) in [5.74, 6) is 2.28. The van der Waals surface area contributed by atoms with E-state index in [-0.39, 0.29) is 11.7 Å². The van der Waals surface area contributed by atoms with E-state index >= 15 is 0 Å². The van der Waals surface area contributed by atoms with Crippen molar-refractivity contribution in [1.29, 1.82) is 0 Å². The summed E-state index contributed by atoms with van der Waals surface area (Å²) in [6.07, 6.45) is 10.2. The molecule has 1 unspecified atom stereocenters. The molecule has 116 valence electrons. The second-order valence-electron chi connectivity index (χ2n) is 5.23. The first kappa shape index (κ1) is 17.7. The van der Waals surface area contributed by atoms with Crippen LogP contribution in [0.5, 0.6) is 0 Å². The zero-order valence-electron chi connectivity index (χ0n) is 12.8. The van der Waals surface area contributed by atoms with Crippen LogP contribution in [0.2, 0.25) is 0 Å². The first-order chi connectivity index (χ1) is 10.1. The third-order valence-electron chi connectivity index (χ3n) is 3.68. The molecule has 0 N–H and O–H groups in total. The van der Waals surface area contributed by atoms with Crippen LogP contribution in [0.25, 0.3) is 0 Å². The number of hydrogen-bond acceptors (Lipinski definition) is 3. The summed E-state index contributed by atoms with van der Waals surface area (Å²) in [6.45, 7) is 2.14. The van der Waals surface area contributed by atoms with Crippen LogP contribution >= 0.6 is 11.6 Å². The van der Waals surface area contributed by atoms with Gasteiger partial charge in [-0.25, -0.2) is 4.79 Å². The third-order valence-corrected chi connectivity index (χ3v) is 3.97. The van der Waals surface area contributed by atoms with Crippen molar-refractivity contribution < 1.29 is 14.3 Å². The minimum absolute atomic E-state index is 0.0249. The molecule has 1 rings (SSSR count). The Morgan fingerprint density at radius 2 is 2.19 bits per heavy atom. The predicted octanol–water partition coefficient (Wildman–Crippen LogP) is 4.35. The van der Waals surface area contributed by atoms with E-state index in [0.29, 0.717) is 17.2 Å². The zero-order valence-corrected chi connectivity index (χ0v) is 13.5. The summed E-state index contributed by atoms with van der Waals surface area (Å²) < 4.78 is 4.87. The summed E-state index contributed by atoms with van der Waals surface area (Å²) in [5.41, 5.74) is 0.839. The van der Waals surface area contributed by atoms with Gasteiger partial charge < -0.3 is 4.74 Å². The van der Waals surface area contributed by atoms with Gasteiger partial charge in [0.25, 0.3) is 0 Å². The molecule has 0 spiro atoms.